The summed E-state index contributed by atoms with van der Waals surface area (Å²) in [4.78, 5) is 3.96. The summed E-state index contributed by atoms with van der Waals surface area (Å²) >= 11 is 0. The lowest BCUT2D eigenvalue weighted by Gasteiger charge is -2.17. The fraction of sp³-hybridized carbons (Fsp3) is 0.444. The van der Waals surface area contributed by atoms with Crippen LogP contribution in [0.1, 0.15) is 26.3 Å². The highest BCUT2D eigenvalue weighted by molar-refractivity contribution is 5.75. The average molecular weight is 146 g/mol. The summed E-state index contributed by atoms with van der Waals surface area (Å²) in [6.07, 6.45) is 3.67. The van der Waals surface area contributed by atoms with Crippen LogP contribution in [0.15, 0.2) is 24.5 Å². The normalized spacial score (nSPS) is 10.5. The SMILES string of the molecule is CC(C)(C)c1ccncc1.[B]. The van der Waals surface area contributed by atoms with Gasteiger partial charge in [0.15, 0.2) is 0 Å². The minimum Gasteiger partial charge on any atom is -0.265 e. The van der Waals surface area contributed by atoms with E-state index in [4.69, 9.17) is 0 Å². The molecule has 0 atom stereocenters. The molecule has 0 saturated heterocycles. The predicted molar refractivity (Wildman–Crippen MR) is 48.7 cm³/mol. The summed E-state index contributed by atoms with van der Waals surface area (Å²) in [5, 5.41) is 0. The lowest BCUT2D eigenvalue weighted by Crippen LogP contribution is -2.10. The van der Waals surface area contributed by atoms with Crippen LogP contribution in [-0.2, 0) is 5.41 Å². The number of rotatable bonds is 0. The van der Waals surface area contributed by atoms with Gasteiger partial charge in [-0.1, -0.05) is 20.8 Å². The van der Waals surface area contributed by atoms with E-state index in [0.717, 1.165) is 0 Å². The standard InChI is InChI=1S/C9H13N.B/c1-9(2,3)8-4-6-10-7-5-8;/h4-7H,1-3H3;. The zero-order valence-electron chi connectivity index (χ0n) is 7.33. The van der Waals surface area contributed by atoms with Crippen molar-refractivity contribution in [2.45, 2.75) is 26.2 Å². The third kappa shape index (κ3) is 2.75. The maximum absolute atomic E-state index is 3.96. The van der Waals surface area contributed by atoms with Crippen LogP contribution in [0.3, 0.4) is 0 Å². The topological polar surface area (TPSA) is 12.9 Å². The monoisotopic (exact) mass is 146 g/mol. The molecule has 0 aliphatic carbocycles. The molecule has 1 heterocycles. The highest BCUT2D eigenvalue weighted by Crippen LogP contribution is 2.20. The lowest BCUT2D eigenvalue weighted by molar-refractivity contribution is 0.589. The first-order chi connectivity index (χ1) is 4.61. The second kappa shape index (κ2) is 3.56. The number of aromatic nitrogens is 1. The maximum Gasteiger partial charge on any atom is 0.0270 e. The first kappa shape index (κ1) is 10.2. The van der Waals surface area contributed by atoms with Crippen LogP contribution in [0, 0.1) is 0 Å². The smallest absolute Gasteiger partial charge is 0.0270 e. The second-order valence-corrected chi connectivity index (χ2v) is 3.49. The molecule has 3 radical (unpaired) electrons. The van der Waals surface area contributed by atoms with Crippen LogP contribution >= 0.6 is 0 Å². The Bertz CT molecular complexity index is 201. The van der Waals surface area contributed by atoms with Gasteiger partial charge in [0.2, 0.25) is 0 Å². The van der Waals surface area contributed by atoms with E-state index in [9.17, 15) is 0 Å². The van der Waals surface area contributed by atoms with Crippen molar-refractivity contribution >= 4 is 8.41 Å². The maximum atomic E-state index is 3.96. The van der Waals surface area contributed by atoms with Gasteiger partial charge in [-0.05, 0) is 23.1 Å². The average Bonchev–Trinajstić information content (AvgIpc) is 1.88. The van der Waals surface area contributed by atoms with Crippen LogP contribution in [0.25, 0.3) is 0 Å². The molecule has 0 saturated carbocycles. The molecule has 0 fully saturated rings. The van der Waals surface area contributed by atoms with Gasteiger partial charge < -0.3 is 0 Å². The Labute approximate surface area is 70.4 Å². The Kier molecular flexibility index (Phi) is 3.31. The Balaban J connectivity index is 0.000001000. The summed E-state index contributed by atoms with van der Waals surface area (Å²) in [5.41, 5.74) is 1.59. The molecule has 0 aromatic carbocycles. The van der Waals surface area contributed by atoms with Gasteiger partial charge in [-0.3, -0.25) is 4.98 Å². The first-order valence-electron chi connectivity index (χ1n) is 3.51. The molecule has 11 heavy (non-hydrogen) atoms. The minimum atomic E-state index is 0. The van der Waals surface area contributed by atoms with Crippen molar-refractivity contribution in [2.75, 3.05) is 0 Å². The van der Waals surface area contributed by atoms with E-state index in [1.807, 2.05) is 12.4 Å². The van der Waals surface area contributed by atoms with Crippen molar-refractivity contribution in [3.8, 4) is 0 Å². The molecule has 0 aliphatic rings. The van der Waals surface area contributed by atoms with Crippen LogP contribution < -0.4 is 0 Å². The molecule has 0 N–H and O–H groups in total. The lowest BCUT2D eigenvalue weighted by atomic mass is 9.88. The summed E-state index contributed by atoms with van der Waals surface area (Å²) in [5.74, 6) is 0. The predicted octanol–water partition coefficient (Wildman–Crippen LogP) is 2.00. The first-order valence-corrected chi connectivity index (χ1v) is 3.51. The summed E-state index contributed by atoms with van der Waals surface area (Å²) in [6.45, 7) is 6.59. The van der Waals surface area contributed by atoms with Gasteiger partial charge in [0.05, 0.1) is 0 Å². The van der Waals surface area contributed by atoms with Gasteiger partial charge >= 0.3 is 0 Å². The second-order valence-electron chi connectivity index (χ2n) is 3.49. The van der Waals surface area contributed by atoms with Crippen LogP contribution in [0.5, 0.6) is 0 Å². The molecule has 0 aliphatic heterocycles. The molecule has 57 valence electrons. The summed E-state index contributed by atoms with van der Waals surface area (Å²) < 4.78 is 0. The van der Waals surface area contributed by atoms with Crippen LogP contribution in [0.2, 0.25) is 0 Å². The number of pyridine rings is 1. The Morgan fingerprint density at radius 3 is 1.82 bits per heavy atom. The van der Waals surface area contributed by atoms with E-state index in [1.165, 1.54) is 5.56 Å². The Morgan fingerprint density at radius 1 is 1.09 bits per heavy atom. The molecule has 0 amide bonds. The molecule has 1 rings (SSSR count). The molecule has 0 spiro atoms. The fourth-order valence-corrected chi connectivity index (χ4v) is 0.852. The van der Waals surface area contributed by atoms with Crippen molar-refractivity contribution in [1.82, 2.24) is 4.98 Å². The molecular formula is C9H13BN. The quantitative estimate of drug-likeness (QED) is 0.510. The van der Waals surface area contributed by atoms with E-state index in [-0.39, 0.29) is 13.8 Å². The van der Waals surface area contributed by atoms with Gasteiger partial charge in [-0.2, -0.15) is 0 Å². The van der Waals surface area contributed by atoms with E-state index in [0.29, 0.717) is 0 Å². The highest BCUT2D eigenvalue weighted by Gasteiger charge is 2.11. The molecule has 1 aromatic rings. The van der Waals surface area contributed by atoms with Crippen molar-refractivity contribution in [2.24, 2.45) is 0 Å². The van der Waals surface area contributed by atoms with E-state index in [2.05, 4.69) is 37.9 Å². The molecule has 0 unspecified atom stereocenters. The molecule has 1 nitrogen and oxygen atoms in total. The zero-order chi connectivity index (χ0) is 7.61. The Morgan fingerprint density at radius 2 is 1.55 bits per heavy atom. The van der Waals surface area contributed by atoms with Gasteiger partial charge in [-0.25, -0.2) is 0 Å². The van der Waals surface area contributed by atoms with E-state index < -0.39 is 0 Å². The van der Waals surface area contributed by atoms with Crippen molar-refractivity contribution in [3.05, 3.63) is 30.1 Å². The van der Waals surface area contributed by atoms with Gasteiger partial charge in [-0.15, -0.1) is 0 Å². The van der Waals surface area contributed by atoms with Crippen molar-refractivity contribution in [1.29, 1.82) is 0 Å². The number of nitrogens with zero attached hydrogens (tertiary/aromatic N) is 1. The molecule has 0 bridgehead atoms. The summed E-state index contributed by atoms with van der Waals surface area (Å²) in [7, 11) is 0. The third-order valence-electron chi connectivity index (χ3n) is 1.55. The largest absolute Gasteiger partial charge is 0.265 e. The number of hydrogen-bond acceptors (Lipinski definition) is 1. The molecule has 2 heteroatoms. The van der Waals surface area contributed by atoms with Crippen LogP contribution in [0.4, 0.5) is 0 Å². The highest BCUT2D eigenvalue weighted by atomic mass is 14.6. The Hall–Kier alpha value is -0.785. The third-order valence-corrected chi connectivity index (χ3v) is 1.55. The minimum absolute atomic E-state index is 0. The fourth-order valence-electron chi connectivity index (χ4n) is 0.852. The van der Waals surface area contributed by atoms with E-state index in [1.54, 1.807) is 0 Å². The van der Waals surface area contributed by atoms with E-state index >= 15 is 0 Å². The molecular weight excluding hydrogens is 133 g/mol. The summed E-state index contributed by atoms with van der Waals surface area (Å²) in [6, 6.07) is 4.11. The van der Waals surface area contributed by atoms with Gasteiger partial charge in [0.25, 0.3) is 0 Å². The van der Waals surface area contributed by atoms with Crippen molar-refractivity contribution in [3.63, 3.8) is 0 Å². The zero-order valence-corrected chi connectivity index (χ0v) is 7.33. The van der Waals surface area contributed by atoms with Crippen LogP contribution in [-0.4, -0.2) is 13.4 Å². The van der Waals surface area contributed by atoms with Gasteiger partial charge in [0.1, 0.15) is 0 Å². The number of hydrogen-bond donors (Lipinski definition) is 0. The van der Waals surface area contributed by atoms with Gasteiger partial charge in [0, 0.05) is 20.8 Å². The molecule has 1 aromatic heterocycles. The van der Waals surface area contributed by atoms with Crippen molar-refractivity contribution < 1.29 is 0 Å².